The molecule has 0 saturated carbocycles. The molecule has 0 aliphatic carbocycles. The highest BCUT2D eigenvalue weighted by Gasteiger charge is 2.30. The molecule has 1 unspecified atom stereocenters. The molecule has 0 aromatic heterocycles. The van der Waals surface area contributed by atoms with Gasteiger partial charge in [0.15, 0.2) is 0 Å². The molecule has 158 valence electrons. The number of hydrogen-bond donors (Lipinski definition) is 2. The molecule has 30 heavy (non-hydrogen) atoms. The SMILES string of the molecule is COc1ccccc1C(CNS(=O)(=O)c1ccc2c(c1)C(=O)NC2=O)N1CCCC1. The number of ether oxygens (including phenoxy) is 1. The van der Waals surface area contributed by atoms with Crippen LogP contribution in [-0.4, -0.2) is 51.9 Å². The Morgan fingerprint density at radius 2 is 1.77 bits per heavy atom. The number of benzene rings is 2. The summed E-state index contributed by atoms with van der Waals surface area (Å²) in [5.41, 5.74) is 1.18. The van der Waals surface area contributed by atoms with E-state index in [9.17, 15) is 18.0 Å². The maximum absolute atomic E-state index is 12.9. The van der Waals surface area contributed by atoms with Gasteiger partial charge >= 0.3 is 0 Å². The first-order valence-electron chi connectivity index (χ1n) is 9.77. The lowest BCUT2D eigenvalue weighted by Crippen LogP contribution is -2.37. The summed E-state index contributed by atoms with van der Waals surface area (Å²) >= 11 is 0. The van der Waals surface area contributed by atoms with Crippen LogP contribution < -0.4 is 14.8 Å². The number of fused-ring (bicyclic) bond motifs is 1. The number of methoxy groups -OCH3 is 1. The monoisotopic (exact) mass is 429 g/mol. The lowest BCUT2D eigenvalue weighted by molar-refractivity contribution is 0.0879. The van der Waals surface area contributed by atoms with Crippen molar-refractivity contribution in [1.82, 2.24) is 14.9 Å². The summed E-state index contributed by atoms with van der Waals surface area (Å²) in [6.45, 7) is 1.92. The highest BCUT2D eigenvalue weighted by atomic mass is 32.2. The van der Waals surface area contributed by atoms with Gasteiger partial charge in [-0.15, -0.1) is 0 Å². The molecule has 2 aromatic rings. The van der Waals surface area contributed by atoms with Crippen molar-refractivity contribution in [3.05, 3.63) is 59.2 Å². The van der Waals surface area contributed by atoms with Crippen LogP contribution in [-0.2, 0) is 10.0 Å². The van der Waals surface area contributed by atoms with Crippen molar-refractivity contribution in [1.29, 1.82) is 0 Å². The van der Waals surface area contributed by atoms with Crippen molar-refractivity contribution < 1.29 is 22.7 Å². The van der Waals surface area contributed by atoms with Crippen LogP contribution in [0.3, 0.4) is 0 Å². The first-order chi connectivity index (χ1) is 14.4. The Bertz CT molecular complexity index is 1090. The molecule has 2 N–H and O–H groups in total. The summed E-state index contributed by atoms with van der Waals surface area (Å²) < 4.78 is 34.1. The average molecular weight is 429 g/mol. The molecule has 1 atom stereocenters. The highest BCUT2D eigenvalue weighted by molar-refractivity contribution is 7.89. The van der Waals surface area contributed by atoms with Gasteiger partial charge in [-0.1, -0.05) is 18.2 Å². The second kappa shape index (κ2) is 8.17. The third kappa shape index (κ3) is 3.83. The van der Waals surface area contributed by atoms with Crippen molar-refractivity contribution in [3.8, 4) is 5.75 Å². The van der Waals surface area contributed by atoms with Crippen molar-refractivity contribution in [3.63, 3.8) is 0 Å². The second-order valence-electron chi connectivity index (χ2n) is 7.34. The number of hydrogen-bond acceptors (Lipinski definition) is 6. The van der Waals surface area contributed by atoms with E-state index in [2.05, 4.69) is 14.9 Å². The van der Waals surface area contributed by atoms with Gasteiger partial charge in [0, 0.05) is 12.1 Å². The summed E-state index contributed by atoms with van der Waals surface area (Å²) in [4.78, 5) is 25.8. The Balaban J connectivity index is 1.60. The Kier molecular flexibility index (Phi) is 5.59. The lowest BCUT2D eigenvalue weighted by Gasteiger charge is -2.29. The van der Waals surface area contributed by atoms with Crippen molar-refractivity contribution in [2.75, 3.05) is 26.7 Å². The predicted octanol–water partition coefficient (Wildman–Crippen LogP) is 1.69. The Morgan fingerprint density at radius 3 is 2.50 bits per heavy atom. The fourth-order valence-electron chi connectivity index (χ4n) is 4.02. The largest absolute Gasteiger partial charge is 0.496 e. The number of carbonyl (C=O) groups is 2. The first kappa shape index (κ1) is 20.5. The second-order valence-corrected chi connectivity index (χ2v) is 9.11. The molecule has 0 bridgehead atoms. The summed E-state index contributed by atoms with van der Waals surface area (Å²) in [6, 6.07) is 11.4. The van der Waals surface area contributed by atoms with Gasteiger partial charge in [-0.05, 0) is 50.2 Å². The van der Waals surface area contributed by atoms with E-state index in [4.69, 9.17) is 4.74 Å². The van der Waals surface area contributed by atoms with Crippen LogP contribution in [0.15, 0.2) is 47.4 Å². The number of likely N-dealkylation sites (tertiary alicyclic amines) is 1. The zero-order valence-electron chi connectivity index (χ0n) is 16.6. The third-order valence-electron chi connectivity index (χ3n) is 5.56. The fraction of sp³-hybridized carbons (Fsp3) is 0.333. The van der Waals surface area contributed by atoms with E-state index in [1.807, 2.05) is 24.3 Å². The minimum Gasteiger partial charge on any atom is -0.496 e. The summed E-state index contributed by atoms with van der Waals surface area (Å²) in [5, 5.41) is 2.17. The van der Waals surface area contributed by atoms with Gasteiger partial charge < -0.3 is 4.74 Å². The molecular formula is C21H23N3O5S. The van der Waals surface area contributed by atoms with Gasteiger partial charge in [0.05, 0.1) is 29.2 Å². The normalized spacial score (nSPS) is 17.6. The minimum atomic E-state index is -3.88. The maximum atomic E-state index is 12.9. The zero-order chi connectivity index (χ0) is 21.3. The molecule has 2 amide bonds. The number of amides is 2. The average Bonchev–Trinajstić information content (AvgIpc) is 3.37. The molecular weight excluding hydrogens is 406 g/mol. The van der Waals surface area contributed by atoms with E-state index < -0.39 is 21.8 Å². The molecule has 1 saturated heterocycles. The minimum absolute atomic E-state index is 0.0497. The summed E-state index contributed by atoms with van der Waals surface area (Å²) in [7, 11) is -2.29. The van der Waals surface area contributed by atoms with Gasteiger partial charge in [0.2, 0.25) is 10.0 Å². The number of nitrogens with zero attached hydrogens (tertiary/aromatic N) is 1. The number of sulfonamides is 1. The smallest absolute Gasteiger partial charge is 0.258 e. The standard InChI is InChI=1S/C21H23N3O5S/c1-29-19-7-3-2-6-16(19)18(24-10-4-5-11-24)13-22-30(27,28)14-8-9-15-17(12-14)21(26)23-20(15)25/h2-3,6-9,12,18,22H,4-5,10-11,13H2,1H3,(H,23,25,26). The van der Waals surface area contributed by atoms with Crippen molar-refractivity contribution in [2.24, 2.45) is 0 Å². The van der Waals surface area contributed by atoms with Crippen LogP contribution >= 0.6 is 0 Å². The van der Waals surface area contributed by atoms with Crippen LogP contribution in [0.5, 0.6) is 5.75 Å². The molecule has 1 fully saturated rings. The number of nitrogens with one attached hydrogen (secondary N) is 2. The molecule has 2 heterocycles. The molecule has 0 radical (unpaired) electrons. The van der Waals surface area contributed by atoms with E-state index in [-0.39, 0.29) is 28.6 Å². The number of rotatable bonds is 7. The van der Waals surface area contributed by atoms with Crippen LogP contribution in [0.1, 0.15) is 45.2 Å². The van der Waals surface area contributed by atoms with Gasteiger partial charge in [-0.3, -0.25) is 19.8 Å². The van der Waals surface area contributed by atoms with Crippen molar-refractivity contribution in [2.45, 2.75) is 23.8 Å². The Morgan fingerprint density at radius 1 is 1.07 bits per heavy atom. The maximum Gasteiger partial charge on any atom is 0.258 e. The van der Waals surface area contributed by atoms with E-state index in [0.29, 0.717) is 5.75 Å². The van der Waals surface area contributed by atoms with E-state index in [0.717, 1.165) is 31.5 Å². The van der Waals surface area contributed by atoms with Crippen LogP contribution in [0.2, 0.25) is 0 Å². The number of para-hydroxylation sites is 1. The van der Waals surface area contributed by atoms with Crippen molar-refractivity contribution >= 4 is 21.8 Å². The molecule has 2 aliphatic heterocycles. The zero-order valence-corrected chi connectivity index (χ0v) is 17.4. The van der Waals surface area contributed by atoms with Crippen LogP contribution in [0.25, 0.3) is 0 Å². The molecule has 9 heteroatoms. The van der Waals surface area contributed by atoms with Gasteiger partial charge in [-0.2, -0.15) is 0 Å². The molecule has 8 nitrogen and oxygen atoms in total. The highest BCUT2D eigenvalue weighted by Crippen LogP contribution is 2.31. The van der Waals surface area contributed by atoms with E-state index in [1.54, 1.807) is 7.11 Å². The molecule has 2 aromatic carbocycles. The molecule has 2 aliphatic rings. The van der Waals surface area contributed by atoms with E-state index >= 15 is 0 Å². The Labute approximate surface area is 175 Å². The van der Waals surface area contributed by atoms with Crippen LogP contribution in [0.4, 0.5) is 0 Å². The lowest BCUT2D eigenvalue weighted by atomic mass is 10.0. The van der Waals surface area contributed by atoms with Gasteiger partial charge in [0.1, 0.15) is 5.75 Å². The predicted molar refractivity (Wildman–Crippen MR) is 110 cm³/mol. The van der Waals surface area contributed by atoms with Gasteiger partial charge in [0.25, 0.3) is 11.8 Å². The number of imide groups is 1. The Hall–Kier alpha value is -2.75. The third-order valence-corrected chi connectivity index (χ3v) is 6.98. The number of carbonyl (C=O) groups excluding carboxylic acids is 2. The summed E-state index contributed by atoms with van der Waals surface area (Å²) in [5.74, 6) is -0.394. The van der Waals surface area contributed by atoms with Crippen LogP contribution in [0, 0.1) is 0 Å². The topological polar surface area (TPSA) is 105 Å². The quantitative estimate of drug-likeness (QED) is 0.649. The van der Waals surface area contributed by atoms with Gasteiger partial charge in [-0.25, -0.2) is 13.1 Å². The fourth-order valence-corrected chi connectivity index (χ4v) is 5.08. The first-order valence-corrected chi connectivity index (χ1v) is 11.3. The summed E-state index contributed by atoms with van der Waals surface area (Å²) in [6.07, 6.45) is 2.12. The molecule has 4 rings (SSSR count). The van der Waals surface area contributed by atoms with E-state index in [1.165, 1.54) is 18.2 Å². The molecule has 0 spiro atoms.